The zero-order chi connectivity index (χ0) is 14.9. The first-order valence-corrected chi connectivity index (χ1v) is 6.74. The second-order valence-corrected chi connectivity index (χ2v) is 6.01. The largest absolute Gasteiger partial charge is 0.383 e. The van der Waals surface area contributed by atoms with E-state index in [1.165, 1.54) is 0 Å². The first kappa shape index (κ1) is 14.3. The van der Waals surface area contributed by atoms with Crippen LogP contribution in [0, 0.1) is 6.92 Å². The molecule has 0 atom stereocenters. The van der Waals surface area contributed by atoms with E-state index in [1.807, 2.05) is 29.8 Å². The number of rotatable bonds is 3. The summed E-state index contributed by atoms with van der Waals surface area (Å²) >= 11 is 0. The molecule has 0 aliphatic carbocycles. The first-order chi connectivity index (χ1) is 9.36. The molecule has 0 aromatic carbocycles. The molecule has 0 saturated heterocycles. The van der Waals surface area contributed by atoms with Crippen LogP contribution in [0.2, 0.25) is 0 Å². The van der Waals surface area contributed by atoms with Gasteiger partial charge in [0.05, 0.1) is 0 Å². The van der Waals surface area contributed by atoms with Gasteiger partial charge in [-0.05, 0) is 18.6 Å². The number of imidazole rings is 1. The molecule has 0 aliphatic rings. The van der Waals surface area contributed by atoms with Gasteiger partial charge in [-0.25, -0.2) is 4.98 Å². The van der Waals surface area contributed by atoms with E-state index in [4.69, 9.17) is 10.7 Å². The predicted octanol–water partition coefficient (Wildman–Crippen LogP) is 3.32. The van der Waals surface area contributed by atoms with Crippen LogP contribution in [0.15, 0.2) is 31.1 Å². The van der Waals surface area contributed by atoms with Crippen molar-refractivity contribution in [2.24, 2.45) is 0 Å². The maximum Gasteiger partial charge on any atom is 0.132 e. The van der Waals surface area contributed by atoms with Gasteiger partial charge < -0.3 is 10.3 Å². The third-order valence-corrected chi connectivity index (χ3v) is 3.28. The number of hydrogen-bond acceptors (Lipinski definition) is 3. The second kappa shape index (κ2) is 5.12. The molecule has 106 valence electrons. The van der Waals surface area contributed by atoms with Gasteiger partial charge >= 0.3 is 0 Å². The maximum atomic E-state index is 6.31. The lowest BCUT2D eigenvalue weighted by molar-refractivity contribution is 0.515. The van der Waals surface area contributed by atoms with Crippen molar-refractivity contribution in [3.8, 4) is 11.3 Å². The van der Waals surface area contributed by atoms with Crippen molar-refractivity contribution >= 4 is 5.82 Å². The summed E-state index contributed by atoms with van der Waals surface area (Å²) in [6, 6.07) is 1.97. The number of pyridine rings is 1. The Hall–Kier alpha value is -2.10. The highest BCUT2D eigenvalue weighted by Crippen LogP contribution is 2.32. The van der Waals surface area contributed by atoms with Crippen LogP contribution in [0.5, 0.6) is 0 Å². The van der Waals surface area contributed by atoms with Crippen molar-refractivity contribution in [1.29, 1.82) is 0 Å². The number of nitrogens with zero attached hydrogens (tertiary/aromatic N) is 3. The SMILES string of the molecule is C=CCn1c(C(C)(C)C)nc(-c2cnccc2C)c1N. The van der Waals surface area contributed by atoms with Crippen LogP contribution in [0.25, 0.3) is 11.3 Å². The van der Waals surface area contributed by atoms with E-state index in [0.29, 0.717) is 12.4 Å². The van der Waals surface area contributed by atoms with E-state index < -0.39 is 0 Å². The lowest BCUT2D eigenvalue weighted by Gasteiger charge is -2.19. The summed E-state index contributed by atoms with van der Waals surface area (Å²) in [5.41, 5.74) is 9.15. The number of allylic oxidation sites excluding steroid dienone is 1. The predicted molar refractivity (Wildman–Crippen MR) is 83.5 cm³/mol. The summed E-state index contributed by atoms with van der Waals surface area (Å²) in [5, 5.41) is 0. The molecular formula is C16H22N4. The number of nitrogen functional groups attached to an aromatic ring is 1. The number of anilines is 1. The van der Waals surface area contributed by atoms with Crippen LogP contribution in [0.4, 0.5) is 5.82 Å². The average Bonchev–Trinajstić information content (AvgIpc) is 2.68. The number of aryl methyl sites for hydroxylation is 1. The minimum atomic E-state index is -0.0779. The summed E-state index contributed by atoms with van der Waals surface area (Å²) in [5.74, 6) is 1.64. The Balaban J connectivity index is 2.68. The summed E-state index contributed by atoms with van der Waals surface area (Å²) in [6.45, 7) is 12.9. The number of nitrogens with two attached hydrogens (primary N) is 1. The molecule has 0 radical (unpaired) electrons. The van der Waals surface area contributed by atoms with Gasteiger partial charge in [-0.1, -0.05) is 26.8 Å². The minimum Gasteiger partial charge on any atom is -0.383 e. The average molecular weight is 270 g/mol. The Bertz CT molecular complexity index is 632. The fraction of sp³-hybridized carbons (Fsp3) is 0.375. The summed E-state index contributed by atoms with van der Waals surface area (Å²) in [7, 11) is 0. The molecule has 4 nitrogen and oxygen atoms in total. The zero-order valence-electron chi connectivity index (χ0n) is 12.6. The molecule has 2 aromatic heterocycles. The molecule has 20 heavy (non-hydrogen) atoms. The van der Waals surface area contributed by atoms with E-state index in [1.54, 1.807) is 6.20 Å². The highest BCUT2D eigenvalue weighted by Gasteiger charge is 2.25. The molecule has 2 N–H and O–H groups in total. The molecule has 0 spiro atoms. The molecule has 2 rings (SSSR count). The van der Waals surface area contributed by atoms with Crippen LogP contribution in [-0.4, -0.2) is 14.5 Å². The quantitative estimate of drug-likeness (QED) is 0.870. The van der Waals surface area contributed by atoms with Gasteiger partial charge in [0, 0.05) is 29.9 Å². The molecule has 0 aliphatic heterocycles. The molecule has 0 fully saturated rings. The molecule has 0 amide bonds. The van der Waals surface area contributed by atoms with Gasteiger partial charge in [0.1, 0.15) is 17.3 Å². The first-order valence-electron chi connectivity index (χ1n) is 6.74. The molecule has 0 saturated carbocycles. The van der Waals surface area contributed by atoms with Crippen LogP contribution in [0.3, 0.4) is 0 Å². The third-order valence-electron chi connectivity index (χ3n) is 3.28. The molecule has 2 heterocycles. The van der Waals surface area contributed by atoms with E-state index in [2.05, 4.69) is 32.3 Å². The highest BCUT2D eigenvalue weighted by molar-refractivity contribution is 5.73. The van der Waals surface area contributed by atoms with Crippen molar-refractivity contribution < 1.29 is 0 Å². The van der Waals surface area contributed by atoms with Crippen molar-refractivity contribution in [2.75, 3.05) is 5.73 Å². The molecule has 2 aromatic rings. The Morgan fingerprint density at radius 3 is 2.65 bits per heavy atom. The van der Waals surface area contributed by atoms with Crippen molar-refractivity contribution in [3.63, 3.8) is 0 Å². The monoisotopic (exact) mass is 270 g/mol. The number of aromatic nitrogens is 3. The molecule has 0 bridgehead atoms. The fourth-order valence-corrected chi connectivity index (χ4v) is 2.26. The Morgan fingerprint density at radius 2 is 2.10 bits per heavy atom. The Kier molecular flexibility index (Phi) is 3.66. The lowest BCUT2D eigenvalue weighted by atomic mass is 9.95. The topological polar surface area (TPSA) is 56.7 Å². The van der Waals surface area contributed by atoms with E-state index in [9.17, 15) is 0 Å². The minimum absolute atomic E-state index is 0.0779. The van der Waals surface area contributed by atoms with Crippen LogP contribution in [0.1, 0.15) is 32.2 Å². The number of hydrogen-bond donors (Lipinski definition) is 1. The summed E-state index contributed by atoms with van der Waals surface area (Å²) < 4.78 is 2.02. The zero-order valence-corrected chi connectivity index (χ0v) is 12.6. The summed E-state index contributed by atoms with van der Waals surface area (Å²) in [6.07, 6.45) is 5.44. The van der Waals surface area contributed by atoms with Crippen molar-refractivity contribution in [3.05, 3.63) is 42.5 Å². The van der Waals surface area contributed by atoms with Gasteiger partial charge in [0.25, 0.3) is 0 Å². The lowest BCUT2D eigenvalue weighted by Crippen LogP contribution is -2.19. The molecule has 0 unspecified atom stereocenters. The standard InChI is InChI=1S/C16H22N4/c1-6-9-20-14(17)13(19-15(20)16(3,4)5)12-10-18-8-7-11(12)2/h6-8,10H,1,9,17H2,2-5H3. The third kappa shape index (κ3) is 2.46. The van der Waals surface area contributed by atoms with Crippen molar-refractivity contribution in [1.82, 2.24) is 14.5 Å². The maximum absolute atomic E-state index is 6.31. The normalized spacial score (nSPS) is 11.6. The Morgan fingerprint density at radius 1 is 1.40 bits per heavy atom. The van der Waals surface area contributed by atoms with E-state index in [0.717, 1.165) is 22.6 Å². The van der Waals surface area contributed by atoms with Gasteiger partial charge in [-0.15, -0.1) is 6.58 Å². The smallest absolute Gasteiger partial charge is 0.132 e. The van der Waals surface area contributed by atoms with Gasteiger partial charge in [-0.2, -0.15) is 0 Å². The molecule has 4 heteroatoms. The van der Waals surface area contributed by atoms with Gasteiger partial charge in [0.15, 0.2) is 0 Å². The molecular weight excluding hydrogens is 248 g/mol. The highest BCUT2D eigenvalue weighted by atomic mass is 15.1. The second-order valence-electron chi connectivity index (χ2n) is 6.01. The van der Waals surface area contributed by atoms with Crippen LogP contribution in [-0.2, 0) is 12.0 Å². The van der Waals surface area contributed by atoms with Gasteiger partial charge in [-0.3, -0.25) is 4.98 Å². The fourth-order valence-electron chi connectivity index (χ4n) is 2.26. The van der Waals surface area contributed by atoms with Crippen molar-refractivity contribution in [2.45, 2.75) is 39.7 Å². The summed E-state index contributed by atoms with van der Waals surface area (Å²) in [4.78, 5) is 8.97. The van der Waals surface area contributed by atoms with Gasteiger partial charge in [0.2, 0.25) is 0 Å². The van der Waals surface area contributed by atoms with Crippen LogP contribution >= 0.6 is 0 Å². The van der Waals surface area contributed by atoms with E-state index in [-0.39, 0.29) is 5.41 Å². The Labute approximate surface area is 120 Å². The van der Waals surface area contributed by atoms with E-state index >= 15 is 0 Å². The van der Waals surface area contributed by atoms with Crippen LogP contribution < -0.4 is 5.73 Å².